The molecule has 1 aliphatic carbocycles. The largest absolute Gasteiger partial charge is 0.493 e. The number of ether oxygens (including phenoxy) is 2. The molecule has 2 N–H and O–H groups in total. The van der Waals surface area contributed by atoms with E-state index in [0.29, 0.717) is 29.6 Å². The lowest BCUT2D eigenvalue weighted by atomic mass is 10.2. The van der Waals surface area contributed by atoms with Crippen molar-refractivity contribution >= 4 is 11.8 Å². The Balaban J connectivity index is 1.92. The lowest BCUT2D eigenvalue weighted by Gasteiger charge is -2.13. The lowest BCUT2D eigenvalue weighted by Crippen LogP contribution is -2.37. The Morgan fingerprint density at radius 2 is 2.00 bits per heavy atom. The minimum Gasteiger partial charge on any atom is -0.493 e. The topological polar surface area (TPSA) is 76.7 Å². The molecule has 1 aromatic rings. The molecule has 6 heteroatoms. The monoisotopic (exact) mass is 320 g/mol. The van der Waals surface area contributed by atoms with Gasteiger partial charge < -0.3 is 20.1 Å². The Labute approximate surface area is 136 Å². The van der Waals surface area contributed by atoms with Gasteiger partial charge in [0.05, 0.1) is 20.3 Å². The first kappa shape index (κ1) is 17.1. The van der Waals surface area contributed by atoms with Gasteiger partial charge in [0.25, 0.3) is 5.91 Å². The maximum atomic E-state index is 12.1. The van der Waals surface area contributed by atoms with E-state index in [1.807, 2.05) is 0 Å². The molecule has 0 bridgehead atoms. The third-order valence-electron chi connectivity index (χ3n) is 3.35. The molecule has 23 heavy (non-hydrogen) atoms. The average molecular weight is 320 g/mol. The van der Waals surface area contributed by atoms with E-state index in [1.165, 1.54) is 7.11 Å². The predicted molar refractivity (Wildman–Crippen MR) is 86.8 cm³/mol. The Bertz CT molecular complexity index is 568. The van der Waals surface area contributed by atoms with Crippen molar-refractivity contribution in [2.45, 2.75) is 32.7 Å². The van der Waals surface area contributed by atoms with Gasteiger partial charge in [-0.15, -0.1) is 0 Å². The summed E-state index contributed by atoms with van der Waals surface area (Å²) in [4.78, 5) is 23.7. The van der Waals surface area contributed by atoms with E-state index in [0.717, 1.165) is 12.8 Å². The minimum atomic E-state index is -0.315. The van der Waals surface area contributed by atoms with E-state index >= 15 is 0 Å². The summed E-state index contributed by atoms with van der Waals surface area (Å²) in [7, 11) is 1.53. The molecular weight excluding hydrogens is 296 g/mol. The molecular formula is C17H24N2O4. The van der Waals surface area contributed by atoms with Crippen molar-refractivity contribution in [3.63, 3.8) is 0 Å². The van der Waals surface area contributed by atoms with Crippen LogP contribution in [0.4, 0.5) is 0 Å². The Hall–Kier alpha value is -2.24. The molecule has 2 amide bonds. The highest BCUT2D eigenvalue weighted by Crippen LogP contribution is 2.28. The van der Waals surface area contributed by atoms with Crippen molar-refractivity contribution in [1.82, 2.24) is 10.6 Å². The summed E-state index contributed by atoms with van der Waals surface area (Å²) in [6.45, 7) is 4.66. The van der Waals surface area contributed by atoms with Crippen LogP contribution in [0.25, 0.3) is 0 Å². The first-order valence-corrected chi connectivity index (χ1v) is 7.88. The molecule has 0 aromatic heterocycles. The van der Waals surface area contributed by atoms with Gasteiger partial charge >= 0.3 is 0 Å². The third kappa shape index (κ3) is 5.47. The predicted octanol–water partition coefficient (Wildman–Crippen LogP) is 1.74. The normalized spacial score (nSPS) is 13.6. The average Bonchev–Trinajstić information content (AvgIpc) is 3.34. The van der Waals surface area contributed by atoms with Crippen molar-refractivity contribution in [2.24, 2.45) is 5.92 Å². The summed E-state index contributed by atoms with van der Waals surface area (Å²) in [5.74, 6) is 1.02. The molecule has 1 aliphatic rings. The summed E-state index contributed by atoms with van der Waals surface area (Å²) in [6, 6.07) is 5.27. The minimum absolute atomic E-state index is 0.0246. The number of benzene rings is 1. The molecule has 0 aliphatic heterocycles. The van der Waals surface area contributed by atoms with Crippen molar-refractivity contribution in [3.8, 4) is 11.5 Å². The van der Waals surface area contributed by atoms with Gasteiger partial charge in [-0.25, -0.2) is 0 Å². The number of rotatable bonds is 8. The van der Waals surface area contributed by atoms with E-state index in [-0.39, 0.29) is 24.4 Å². The first-order chi connectivity index (χ1) is 11.0. The van der Waals surface area contributed by atoms with Crippen LogP contribution in [0, 0.1) is 5.92 Å². The summed E-state index contributed by atoms with van der Waals surface area (Å²) < 4.78 is 10.9. The standard InChI is InChI=1S/C17H24N2O4/c1-11(2)10-23-14-7-4-12(8-15(14)22-3)17(21)18-9-16(20)19-13-5-6-13/h4,7-8,11,13H,5-6,9-10H2,1-3H3,(H,18,21)(H,19,20). The van der Waals surface area contributed by atoms with Gasteiger partial charge in [-0.3, -0.25) is 9.59 Å². The molecule has 0 atom stereocenters. The maximum Gasteiger partial charge on any atom is 0.251 e. The number of hydrogen-bond acceptors (Lipinski definition) is 4. The van der Waals surface area contributed by atoms with Crippen LogP contribution in [0.5, 0.6) is 11.5 Å². The molecule has 0 saturated heterocycles. The van der Waals surface area contributed by atoms with Gasteiger partial charge in [-0.2, -0.15) is 0 Å². The zero-order chi connectivity index (χ0) is 16.8. The van der Waals surface area contributed by atoms with E-state index < -0.39 is 0 Å². The molecule has 0 unspecified atom stereocenters. The van der Waals surface area contributed by atoms with E-state index in [4.69, 9.17) is 9.47 Å². The molecule has 2 rings (SSSR count). The smallest absolute Gasteiger partial charge is 0.251 e. The highest BCUT2D eigenvalue weighted by Gasteiger charge is 2.23. The van der Waals surface area contributed by atoms with E-state index in [1.54, 1.807) is 18.2 Å². The molecule has 1 aromatic carbocycles. The van der Waals surface area contributed by atoms with Gasteiger partial charge in [0, 0.05) is 11.6 Å². The summed E-state index contributed by atoms with van der Waals surface area (Å²) in [5, 5.41) is 5.43. The van der Waals surface area contributed by atoms with Crippen LogP contribution in [-0.2, 0) is 4.79 Å². The number of amides is 2. The Kier molecular flexibility index (Phi) is 5.84. The SMILES string of the molecule is COc1cc(C(=O)NCC(=O)NC2CC2)ccc1OCC(C)C. The number of nitrogens with one attached hydrogen (secondary N) is 2. The highest BCUT2D eigenvalue weighted by molar-refractivity contribution is 5.97. The molecule has 1 fully saturated rings. The lowest BCUT2D eigenvalue weighted by molar-refractivity contribution is -0.120. The number of carbonyl (C=O) groups excluding carboxylic acids is 2. The quantitative estimate of drug-likeness (QED) is 0.765. The summed E-state index contributed by atoms with van der Waals surface area (Å²) in [5.41, 5.74) is 0.429. The highest BCUT2D eigenvalue weighted by atomic mass is 16.5. The Morgan fingerprint density at radius 3 is 2.61 bits per heavy atom. The summed E-state index contributed by atoms with van der Waals surface area (Å²) in [6.07, 6.45) is 2.05. The first-order valence-electron chi connectivity index (χ1n) is 7.88. The van der Waals surface area contributed by atoms with Crippen LogP contribution in [0.15, 0.2) is 18.2 Å². The fourth-order valence-corrected chi connectivity index (χ4v) is 1.95. The van der Waals surface area contributed by atoms with Crippen molar-refractivity contribution in [3.05, 3.63) is 23.8 Å². The molecule has 0 heterocycles. The second kappa shape index (κ2) is 7.85. The van der Waals surface area contributed by atoms with Crippen molar-refractivity contribution in [2.75, 3.05) is 20.3 Å². The van der Waals surface area contributed by atoms with Crippen LogP contribution in [0.2, 0.25) is 0 Å². The maximum absolute atomic E-state index is 12.1. The van der Waals surface area contributed by atoms with Gasteiger partial charge in [0.1, 0.15) is 0 Å². The van der Waals surface area contributed by atoms with Crippen LogP contribution in [0.3, 0.4) is 0 Å². The van der Waals surface area contributed by atoms with Gasteiger partial charge in [0.15, 0.2) is 11.5 Å². The zero-order valence-corrected chi connectivity index (χ0v) is 13.8. The van der Waals surface area contributed by atoms with Gasteiger partial charge in [-0.05, 0) is 37.0 Å². The van der Waals surface area contributed by atoms with E-state index in [9.17, 15) is 9.59 Å². The molecule has 0 radical (unpaired) electrons. The fourth-order valence-electron chi connectivity index (χ4n) is 1.95. The zero-order valence-electron chi connectivity index (χ0n) is 13.8. The Morgan fingerprint density at radius 1 is 1.26 bits per heavy atom. The summed E-state index contributed by atoms with van der Waals surface area (Å²) >= 11 is 0. The third-order valence-corrected chi connectivity index (χ3v) is 3.35. The van der Waals surface area contributed by atoms with Gasteiger partial charge in [-0.1, -0.05) is 13.8 Å². The van der Waals surface area contributed by atoms with Crippen LogP contribution < -0.4 is 20.1 Å². The van der Waals surface area contributed by atoms with Crippen molar-refractivity contribution < 1.29 is 19.1 Å². The molecule has 126 valence electrons. The van der Waals surface area contributed by atoms with Crippen molar-refractivity contribution in [1.29, 1.82) is 0 Å². The number of hydrogen-bond donors (Lipinski definition) is 2. The number of carbonyl (C=O) groups is 2. The fraction of sp³-hybridized carbons (Fsp3) is 0.529. The van der Waals surface area contributed by atoms with E-state index in [2.05, 4.69) is 24.5 Å². The van der Waals surface area contributed by atoms with Gasteiger partial charge in [0.2, 0.25) is 5.91 Å². The second-order valence-electron chi connectivity index (χ2n) is 6.09. The van der Waals surface area contributed by atoms with Crippen LogP contribution in [-0.4, -0.2) is 38.1 Å². The number of methoxy groups -OCH3 is 1. The molecule has 1 saturated carbocycles. The van der Waals surface area contributed by atoms with Crippen LogP contribution >= 0.6 is 0 Å². The van der Waals surface area contributed by atoms with Crippen LogP contribution in [0.1, 0.15) is 37.0 Å². The second-order valence-corrected chi connectivity index (χ2v) is 6.09. The molecule has 6 nitrogen and oxygen atoms in total. The molecule has 0 spiro atoms.